The van der Waals surface area contributed by atoms with Gasteiger partial charge in [-0.25, -0.2) is 9.97 Å². The van der Waals surface area contributed by atoms with Crippen molar-refractivity contribution in [3.63, 3.8) is 0 Å². The van der Waals surface area contributed by atoms with Crippen LogP contribution in [0.1, 0.15) is 28.8 Å². The quantitative estimate of drug-likeness (QED) is 0.539. The fraction of sp³-hybridized carbons (Fsp3) is 0.200. The molecule has 0 saturated heterocycles. The van der Waals surface area contributed by atoms with Crippen LogP contribution in [0.4, 0.5) is 10.2 Å². The van der Waals surface area contributed by atoms with Crippen LogP contribution in [0.5, 0.6) is 0 Å². The number of aromatic amines is 1. The highest BCUT2D eigenvalue weighted by Crippen LogP contribution is 2.30. The Balaban J connectivity index is 1.64. The maximum atomic E-state index is 13.3. The van der Waals surface area contributed by atoms with Crippen LogP contribution in [-0.4, -0.2) is 45.3 Å². The average molecular weight is 379 g/mol. The molecule has 1 aliphatic rings. The number of hydrogen-bond donors (Lipinski definition) is 2. The number of pyridine rings is 2. The molecule has 0 aromatic carbocycles. The summed E-state index contributed by atoms with van der Waals surface area (Å²) in [4.78, 5) is 36.1. The van der Waals surface area contributed by atoms with Gasteiger partial charge in [-0.1, -0.05) is 6.08 Å². The van der Waals surface area contributed by atoms with Crippen molar-refractivity contribution in [3.05, 3.63) is 59.8 Å². The molecular formula is C20H18FN5O2. The van der Waals surface area contributed by atoms with Crippen LogP contribution in [0.15, 0.2) is 42.7 Å². The van der Waals surface area contributed by atoms with Crippen LogP contribution in [0.2, 0.25) is 0 Å². The molecule has 1 aliphatic heterocycles. The van der Waals surface area contributed by atoms with Gasteiger partial charge in [0.05, 0.1) is 0 Å². The summed E-state index contributed by atoms with van der Waals surface area (Å²) in [7, 11) is 0. The largest absolute Gasteiger partial charge is 0.346 e. The Morgan fingerprint density at radius 3 is 3.04 bits per heavy atom. The number of halogens is 1. The minimum absolute atomic E-state index is 0.219. The molecule has 2 N–H and O–H groups in total. The Hall–Kier alpha value is -3.55. The van der Waals surface area contributed by atoms with Gasteiger partial charge < -0.3 is 15.2 Å². The van der Waals surface area contributed by atoms with Gasteiger partial charge in [-0.15, -0.1) is 0 Å². The van der Waals surface area contributed by atoms with E-state index in [4.69, 9.17) is 0 Å². The summed E-state index contributed by atoms with van der Waals surface area (Å²) in [6.07, 6.45) is 7.25. The summed E-state index contributed by atoms with van der Waals surface area (Å²) >= 11 is 0. The second kappa shape index (κ2) is 7.59. The molecule has 3 aromatic heterocycles. The van der Waals surface area contributed by atoms with Crippen LogP contribution in [-0.2, 0) is 4.79 Å². The van der Waals surface area contributed by atoms with E-state index in [-0.39, 0.29) is 5.91 Å². The number of allylic oxidation sites excluding steroid dienone is 1. The maximum absolute atomic E-state index is 13.3. The van der Waals surface area contributed by atoms with Crippen molar-refractivity contribution in [2.75, 3.05) is 18.4 Å². The molecule has 0 aliphatic carbocycles. The lowest BCUT2D eigenvalue weighted by molar-refractivity contribution is -0.105. The number of aromatic nitrogens is 3. The van der Waals surface area contributed by atoms with Gasteiger partial charge in [0.15, 0.2) is 0 Å². The van der Waals surface area contributed by atoms with E-state index in [9.17, 15) is 14.0 Å². The molecule has 0 bridgehead atoms. The van der Waals surface area contributed by atoms with Crippen molar-refractivity contribution < 1.29 is 14.0 Å². The lowest BCUT2D eigenvalue weighted by Crippen LogP contribution is -2.31. The van der Waals surface area contributed by atoms with E-state index in [0.717, 1.165) is 35.4 Å². The first-order valence-corrected chi connectivity index (χ1v) is 8.94. The molecular weight excluding hydrogens is 361 g/mol. The zero-order valence-electron chi connectivity index (χ0n) is 15.0. The molecule has 4 heterocycles. The van der Waals surface area contributed by atoms with Crippen LogP contribution < -0.4 is 5.32 Å². The number of H-pyrrole nitrogens is 1. The third-order valence-electron chi connectivity index (χ3n) is 4.77. The van der Waals surface area contributed by atoms with Gasteiger partial charge in [0.1, 0.15) is 11.5 Å². The van der Waals surface area contributed by atoms with Gasteiger partial charge in [0.2, 0.25) is 12.4 Å². The first-order chi connectivity index (χ1) is 13.7. The smallest absolute Gasteiger partial charge is 0.254 e. The number of fused-ring (bicyclic) bond motifs is 1. The van der Waals surface area contributed by atoms with Crippen molar-refractivity contribution in [2.24, 2.45) is 0 Å². The summed E-state index contributed by atoms with van der Waals surface area (Å²) in [6.45, 7) is 0.992. The molecule has 0 saturated carbocycles. The highest BCUT2D eigenvalue weighted by Gasteiger charge is 2.20. The fourth-order valence-corrected chi connectivity index (χ4v) is 3.46. The molecule has 2 amide bonds. The van der Waals surface area contributed by atoms with Gasteiger partial charge in [0, 0.05) is 42.5 Å². The molecule has 142 valence electrons. The molecule has 8 heteroatoms. The average Bonchev–Trinajstić information content (AvgIpc) is 3.03. The maximum Gasteiger partial charge on any atom is 0.254 e. The predicted octanol–water partition coefficient (Wildman–Crippen LogP) is 2.98. The Bertz CT molecular complexity index is 1080. The predicted molar refractivity (Wildman–Crippen MR) is 103 cm³/mol. The van der Waals surface area contributed by atoms with Crippen LogP contribution in [0.25, 0.3) is 16.6 Å². The number of anilines is 1. The molecule has 0 spiro atoms. The molecule has 0 atom stereocenters. The molecule has 28 heavy (non-hydrogen) atoms. The summed E-state index contributed by atoms with van der Waals surface area (Å²) in [5.74, 6) is -0.423. The van der Waals surface area contributed by atoms with Gasteiger partial charge in [0.25, 0.3) is 5.91 Å². The van der Waals surface area contributed by atoms with Crippen molar-refractivity contribution in [2.45, 2.75) is 12.8 Å². The number of nitrogens with zero attached hydrogens (tertiary/aromatic N) is 3. The van der Waals surface area contributed by atoms with Crippen molar-refractivity contribution in [3.8, 4) is 0 Å². The van der Waals surface area contributed by atoms with E-state index in [1.807, 2.05) is 18.2 Å². The molecule has 4 rings (SSSR count). The third kappa shape index (κ3) is 3.48. The number of amides is 2. The minimum Gasteiger partial charge on any atom is -0.346 e. The van der Waals surface area contributed by atoms with E-state index in [1.165, 1.54) is 12.3 Å². The number of nitrogens with one attached hydrogen (secondary N) is 2. The Labute approximate surface area is 160 Å². The second-order valence-electron chi connectivity index (χ2n) is 6.51. The lowest BCUT2D eigenvalue weighted by Gasteiger charge is -2.19. The molecule has 3 aromatic rings. The topological polar surface area (TPSA) is 91.0 Å². The Morgan fingerprint density at radius 2 is 2.21 bits per heavy atom. The highest BCUT2D eigenvalue weighted by atomic mass is 19.1. The van der Waals surface area contributed by atoms with E-state index in [2.05, 4.69) is 20.3 Å². The van der Waals surface area contributed by atoms with E-state index in [0.29, 0.717) is 36.5 Å². The zero-order chi connectivity index (χ0) is 19.5. The second-order valence-corrected chi connectivity index (χ2v) is 6.51. The monoisotopic (exact) mass is 379 g/mol. The SMILES string of the molecule is O=CNc1cc(C2=CCN(C(=O)c3ccnc(F)c3)CCC2)c2cc[nH]c2n1. The van der Waals surface area contributed by atoms with Gasteiger partial charge in [-0.3, -0.25) is 9.59 Å². The summed E-state index contributed by atoms with van der Waals surface area (Å²) in [5, 5.41) is 3.55. The van der Waals surface area contributed by atoms with Crippen LogP contribution in [0.3, 0.4) is 0 Å². The number of rotatable bonds is 4. The van der Waals surface area contributed by atoms with Crippen LogP contribution in [0, 0.1) is 5.95 Å². The third-order valence-corrected chi connectivity index (χ3v) is 4.77. The van der Waals surface area contributed by atoms with Crippen molar-refractivity contribution in [1.82, 2.24) is 19.9 Å². The van der Waals surface area contributed by atoms with Gasteiger partial charge >= 0.3 is 0 Å². The number of hydrogen-bond acceptors (Lipinski definition) is 4. The number of carbonyl (C=O) groups excluding carboxylic acids is 2. The van der Waals surface area contributed by atoms with E-state index < -0.39 is 5.95 Å². The molecule has 0 unspecified atom stereocenters. The normalized spacial score (nSPS) is 14.5. The first-order valence-electron chi connectivity index (χ1n) is 8.94. The molecule has 0 fully saturated rings. The zero-order valence-corrected chi connectivity index (χ0v) is 15.0. The van der Waals surface area contributed by atoms with E-state index >= 15 is 0 Å². The molecule has 7 nitrogen and oxygen atoms in total. The summed E-state index contributed by atoms with van der Waals surface area (Å²) in [6, 6.07) is 6.45. The Morgan fingerprint density at radius 1 is 1.32 bits per heavy atom. The van der Waals surface area contributed by atoms with Gasteiger partial charge in [-0.2, -0.15) is 4.39 Å². The van der Waals surface area contributed by atoms with E-state index in [1.54, 1.807) is 11.1 Å². The van der Waals surface area contributed by atoms with Gasteiger partial charge in [-0.05, 0) is 42.2 Å². The van der Waals surface area contributed by atoms with Crippen molar-refractivity contribution in [1.29, 1.82) is 0 Å². The van der Waals surface area contributed by atoms with Crippen molar-refractivity contribution >= 4 is 34.7 Å². The summed E-state index contributed by atoms with van der Waals surface area (Å²) < 4.78 is 13.3. The Kier molecular flexibility index (Phi) is 4.84. The lowest BCUT2D eigenvalue weighted by atomic mass is 9.99. The molecule has 0 radical (unpaired) electrons. The minimum atomic E-state index is -0.668. The highest BCUT2D eigenvalue weighted by molar-refractivity contribution is 5.95. The first kappa shape index (κ1) is 17.8. The van der Waals surface area contributed by atoms with Crippen LogP contribution >= 0.6 is 0 Å². The fourth-order valence-electron chi connectivity index (χ4n) is 3.46. The number of carbonyl (C=O) groups is 2. The standard InChI is InChI=1S/C20H18FN5O2/c21-17-10-14(3-6-22-17)20(28)26-8-1-2-13(5-9-26)16-11-18(24-12-27)25-19-15(16)4-7-23-19/h3-7,10-12H,1-2,8-9H2,(H2,23,24,25,27). The summed E-state index contributed by atoms with van der Waals surface area (Å²) in [5.41, 5.74) is 3.03.